The van der Waals surface area contributed by atoms with Gasteiger partial charge in [0.2, 0.25) is 5.82 Å². The summed E-state index contributed by atoms with van der Waals surface area (Å²) in [5.41, 5.74) is 11.6. The van der Waals surface area contributed by atoms with E-state index < -0.39 is 29.2 Å². The van der Waals surface area contributed by atoms with E-state index in [-0.39, 0.29) is 28.0 Å². The minimum Gasteiger partial charge on any atom is -0.543 e. The highest BCUT2D eigenvalue weighted by Crippen LogP contribution is 2.41. The molecule has 1 aromatic rings. The number of thiazole rings is 1. The van der Waals surface area contributed by atoms with E-state index in [0.29, 0.717) is 17.3 Å². The van der Waals surface area contributed by atoms with Crippen LogP contribution in [0.4, 0.5) is 10.9 Å². The van der Waals surface area contributed by atoms with Crippen molar-refractivity contribution < 1.29 is 29.0 Å². The minimum absolute atomic E-state index is 0.163. The number of nitrogen functional groups attached to an aromatic ring is 2. The van der Waals surface area contributed by atoms with Crippen molar-refractivity contribution >= 4 is 63.2 Å². The van der Waals surface area contributed by atoms with Crippen LogP contribution in [0.25, 0.3) is 11.5 Å². The highest BCUT2D eigenvalue weighted by molar-refractivity contribution is 8.00. The van der Waals surface area contributed by atoms with Gasteiger partial charge in [0.15, 0.2) is 10.8 Å². The van der Waals surface area contributed by atoms with Gasteiger partial charge >= 0.3 is 0 Å². The molecule has 1 fully saturated rings. The van der Waals surface area contributed by atoms with Gasteiger partial charge in [-0.1, -0.05) is 5.16 Å². The van der Waals surface area contributed by atoms with Gasteiger partial charge in [-0.05, 0) is 0 Å². The number of oxime groups is 1. The number of carbonyl (C=O) groups is 3. The molecule has 5 rings (SSSR count). The van der Waals surface area contributed by atoms with Crippen molar-refractivity contribution in [3.8, 4) is 5.82 Å². The first-order valence-electron chi connectivity index (χ1n) is 9.98. The van der Waals surface area contributed by atoms with Gasteiger partial charge in [0.25, 0.3) is 17.6 Å². The third kappa shape index (κ3) is 3.62. The van der Waals surface area contributed by atoms with Crippen LogP contribution in [-0.4, -0.2) is 67.3 Å². The summed E-state index contributed by atoms with van der Waals surface area (Å²) in [6.45, 7) is 0. The van der Waals surface area contributed by atoms with E-state index in [2.05, 4.69) is 20.6 Å². The number of carbonyl (C=O) groups excluding carboxylic acids is 3. The molecule has 35 heavy (non-hydrogen) atoms. The van der Waals surface area contributed by atoms with Crippen LogP contribution in [0.15, 0.2) is 40.8 Å². The molecular formula is C19H17N9O5S2. The summed E-state index contributed by atoms with van der Waals surface area (Å²) in [5, 5.41) is 23.7. The zero-order chi connectivity index (χ0) is 24.9. The monoisotopic (exact) mass is 515 g/mol. The van der Waals surface area contributed by atoms with Crippen molar-refractivity contribution in [2.24, 2.45) is 5.16 Å². The van der Waals surface area contributed by atoms with Gasteiger partial charge in [0.1, 0.15) is 35.6 Å². The fourth-order valence-corrected chi connectivity index (χ4v) is 5.77. The number of aliphatic carboxylic acids is 1. The number of hydrogen-bond donors (Lipinski definition) is 3. The molecule has 5 N–H and O–H groups in total. The number of β-lactam (4-membered cyclic amide) rings is 1. The van der Waals surface area contributed by atoms with Crippen molar-refractivity contribution in [3.05, 3.63) is 41.3 Å². The molecule has 0 unspecified atom stereocenters. The van der Waals surface area contributed by atoms with Crippen LogP contribution in [0.1, 0.15) is 5.69 Å². The number of thioether (sulfide) groups is 1. The fraction of sp³-hybridized carbons (Fsp3) is 0.211. The van der Waals surface area contributed by atoms with Crippen LogP contribution in [0.2, 0.25) is 0 Å². The largest absolute Gasteiger partial charge is 0.543 e. The maximum atomic E-state index is 13.0. The van der Waals surface area contributed by atoms with E-state index in [1.807, 2.05) is 0 Å². The van der Waals surface area contributed by atoms with Gasteiger partial charge < -0.3 is 31.5 Å². The molecule has 16 heteroatoms. The number of aromatic nitrogens is 4. The average molecular weight is 516 g/mol. The van der Waals surface area contributed by atoms with Gasteiger partial charge in [-0.3, -0.25) is 14.5 Å². The number of fused-ring (bicyclic) bond motifs is 2. The first kappa shape index (κ1) is 22.6. The van der Waals surface area contributed by atoms with Crippen LogP contribution < -0.4 is 26.6 Å². The van der Waals surface area contributed by atoms with E-state index in [1.165, 1.54) is 35.1 Å². The molecule has 2 atom stereocenters. The highest BCUT2D eigenvalue weighted by Gasteiger charge is 2.54. The summed E-state index contributed by atoms with van der Waals surface area (Å²) in [6, 6.07) is 2.24. The van der Waals surface area contributed by atoms with Crippen molar-refractivity contribution in [1.82, 2.24) is 24.9 Å². The number of amides is 2. The second kappa shape index (κ2) is 8.55. The molecule has 0 saturated carbocycles. The maximum absolute atomic E-state index is 13.0. The van der Waals surface area contributed by atoms with Crippen LogP contribution in [0, 0.1) is 0 Å². The first-order chi connectivity index (χ1) is 16.8. The molecule has 0 spiro atoms. The van der Waals surface area contributed by atoms with Crippen LogP contribution in [0.3, 0.4) is 0 Å². The molecule has 14 nitrogen and oxygen atoms in total. The Kier molecular flexibility index (Phi) is 5.52. The maximum Gasteiger partial charge on any atom is 0.276 e. The predicted octanol–water partition coefficient (Wildman–Crippen LogP) is -2.41. The topological polar surface area (TPSA) is 198 Å². The van der Waals surface area contributed by atoms with Crippen molar-refractivity contribution in [2.75, 3.05) is 24.3 Å². The summed E-state index contributed by atoms with van der Waals surface area (Å²) in [5.74, 6) is -1.77. The Bertz CT molecular complexity index is 1400. The molecule has 4 aliphatic rings. The zero-order valence-electron chi connectivity index (χ0n) is 17.9. The van der Waals surface area contributed by atoms with E-state index >= 15 is 0 Å². The van der Waals surface area contributed by atoms with E-state index in [9.17, 15) is 19.5 Å². The molecular weight excluding hydrogens is 498 g/mol. The van der Waals surface area contributed by atoms with Crippen LogP contribution in [0.5, 0.6) is 0 Å². The molecule has 4 aliphatic heterocycles. The third-order valence-electron chi connectivity index (χ3n) is 5.39. The first-order valence-corrected chi connectivity index (χ1v) is 11.9. The number of rotatable bonds is 6. The molecule has 1 saturated heterocycles. The van der Waals surface area contributed by atoms with Crippen molar-refractivity contribution in [2.45, 2.75) is 11.4 Å². The fourth-order valence-electron chi connectivity index (χ4n) is 3.88. The number of nitrogens with two attached hydrogens (primary N) is 2. The molecule has 0 bridgehead atoms. The minimum atomic E-state index is -1.52. The zero-order valence-corrected chi connectivity index (χ0v) is 19.6. The summed E-state index contributed by atoms with van der Waals surface area (Å²) >= 11 is 2.40. The van der Waals surface area contributed by atoms with Gasteiger partial charge in [-0.25, -0.2) is 9.55 Å². The quantitative estimate of drug-likeness (QED) is 0.137. The Morgan fingerprint density at radius 3 is 2.86 bits per heavy atom. The third-order valence-corrected chi connectivity index (χ3v) is 7.33. The second-order valence-corrected chi connectivity index (χ2v) is 9.34. The normalized spacial score (nSPS) is 20.0. The molecule has 1 aromatic heterocycles. The lowest BCUT2D eigenvalue weighted by Crippen LogP contribution is -2.71. The van der Waals surface area contributed by atoms with Crippen molar-refractivity contribution in [1.29, 1.82) is 0 Å². The molecule has 180 valence electrons. The van der Waals surface area contributed by atoms with E-state index in [4.69, 9.17) is 16.3 Å². The summed E-state index contributed by atoms with van der Waals surface area (Å²) < 4.78 is 3.03. The standard InChI is InChI=1S/C19H17N9O5S2/c1-33-25-12(8-6-35-19(21)23-8)15(29)24-13-16(30)27-14(18(31)32)9(7-34-17(13)27)26-5-3-10(20)28-11(26)2-4-22-28/h2-6,13,17,20H,7H2,1H3,(H4,21,23,24,29,31,32)/b25-12-/t13-,17-/m1/s1. The Morgan fingerprint density at radius 1 is 1.37 bits per heavy atom. The predicted molar refractivity (Wildman–Crippen MR) is 123 cm³/mol. The Morgan fingerprint density at radius 2 is 2.17 bits per heavy atom. The number of carboxylic acids is 1. The lowest BCUT2D eigenvalue weighted by molar-refractivity contribution is -0.645. The number of anilines is 2. The number of hydrogen-bond acceptors (Lipinski definition) is 12. The Hall–Kier alpha value is -4.18. The molecule has 5 heterocycles. The second-order valence-electron chi connectivity index (χ2n) is 7.35. The number of nitrogens with zero attached hydrogens (tertiary/aromatic N) is 6. The Balaban J connectivity index is 1.44. The summed E-state index contributed by atoms with van der Waals surface area (Å²) in [4.78, 5) is 47.9. The molecule has 0 aromatic carbocycles. The van der Waals surface area contributed by atoms with Gasteiger partial charge in [0.05, 0.1) is 24.1 Å². The molecule has 0 aliphatic carbocycles. The number of carboxylic acid groups (broad SMARTS) is 1. The Labute approximate surface area is 205 Å². The highest BCUT2D eigenvalue weighted by atomic mass is 32.2. The SMILES string of the molecule is CO/N=C(\C(=O)N[C@@H]1C(=O)N2C(C(=O)[O-])=C(n3ccc(N)[n+]4nccc3-4)CS[C@H]12)c1csc(N)n1. The average Bonchev–Trinajstić information content (AvgIpc) is 3.50. The lowest BCUT2D eigenvalue weighted by atomic mass is 10.0. The molecule has 2 amide bonds. The smallest absolute Gasteiger partial charge is 0.276 e. The van der Waals surface area contributed by atoms with E-state index in [0.717, 1.165) is 16.2 Å². The van der Waals surface area contributed by atoms with Gasteiger partial charge in [-0.2, -0.15) is 0 Å². The van der Waals surface area contributed by atoms with Crippen LogP contribution >= 0.6 is 23.1 Å². The van der Waals surface area contributed by atoms with Gasteiger partial charge in [-0.15, -0.1) is 32.9 Å². The molecule has 0 radical (unpaired) electrons. The summed E-state index contributed by atoms with van der Waals surface area (Å²) in [7, 11) is 1.26. The number of nitrogens with one attached hydrogen (secondary N) is 1. The summed E-state index contributed by atoms with van der Waals surface area (Å²) in [6.07, 6.45) is 3.12. The van der Waals surface area contributed by atoms with Crippen LogP contribution in [-0.2, 0) is 19.2 Å². The van der Waals surface area contributed by atoms with Gasteiger partial charge in [0, 0.05) is 17.5 Å². The van der Waals surface area contributed by atoms with E-state index in [1.54, 1.807) is 22.9 Å². The van der Waals surface area contributed by atoms with Crippen molar-refractivity contribution in [3.63, 3.8) is 0 Å². The lowest BCUT2D eigenvalue weighted by Gasteiger charge is -2.50.